The van der Waals surface area contributed by atoms with E-state index in [1.54, 1.807) is 18.9 Å². The Balaban J connectivity index is 1.46. The van der Waals surface area contributed by atoms with Crippen LogP contribution in [0.2, 0.25) is 0 Å². The molecule has 3 amide bonds. The third-order valence-corrected chi connectivity index (χ3v) is 5.26. The van der Waals surface area contributed by atoms with E-state index in [-0.39, 0.29) is 23.8 Å². The Bertz CT molecular complexity index is 865. The van der Waals surface area contributed by atoms with Gasteiger partial charge in [0.05, 0.1) is 5.92 Å². The van der Waals surface area contributed by atoms with Gasteiger partial charge in [0.25, 0.3) is 5.91 Å². The van der Waals surface area contributed by atoms with E-state index in [1.807, 2.05) is 60.7 Å². The molecule has 1 atom stereocenters. The van der Waals surface area contributed by atoms with Crippen molar-refractivity contribution in [2.75, 3.05) is 30.4 Å². The van der Waals surface area contributed by atoms with Crippen molar-refractivity contribution in [2.24, 2.45) is 5.92 Å². The maximum Gasteiger partial charge on any atom is 0.321 e. The van der Waals surface area contributed by atoms with E-state index in [0.29, 0.717) is 25.9 Å². The Labute approximate surface area is 176 Å². The Morgan fingerprint density at radius 3 is 2.17 bits per heavy atom. The highest BCUT2D eigenvalue weighted by molar-refractivity contribution is 5.97. The maximum atomic E-state index is 12.6. The minimum atomic E-state index is -0.873. The standard InChI is InChI=1S/C23H27N3O4/c1-17(21(27)25(2)20-11-7-4-8-12-20)30-22(28)18-13-15-26(16-14-18)23(29)24-19-9-5-3-6-10-19/h3-12,17-18H,13-16H2,1-2H3,(H,24,29)/t17-/m1/s1. The summed E-state index contributed by atoms with van der Waals surface area (Å²) in [7, 11) is 1.66. The molecule has 1 N–H and O–H groups in total. The molecule has 0 aliphatic carbocycles. The summed E-state index contributed by atoms with van der Waals surface area (Å²) in [5.74, 6) is -0.988. The van der Waals surface area contributed by atoms with Gasteiger partial charge in [-0.25, -0.2) is 4.79 Å². The van der Waals surface area contributed by atoms with Crippen LogP contribution in [0.25, 0.3) is 0 Å². The van der Waals surface area contributed by atoms with Gasteiger partial charge >= 0.3 is 12.0 Å². The number of likely N-dealkylation sites (tertiary alicyclic amines) is 1. The Morgan fingerprint density at radius 1 is 1.00 bits per heavy atom. The second-order valence-electron chi connectivity index (χ2n) is 7.37. The van der Waals surface area contributed by atoms with Gasteiger partial charge in [0.15, 0.2) is 6.10 Å². The lowest BCUT2D eigenvalue weighted by Crippen LogP contribution is -2.44. The lowest BCUT2D eigenvalue weighted by atomic mass is 9.97. The van der Waals surface area contributed by atoms with Crippen molar-refractivity contribution >= 4 is 29.3 Å². The van der Waals surface area contributed by atoms with E-state index < -0.39 is 6.10 Å². The predicted octanol–water partition coefficient (Wildman–Crippen LogP) is 3.53. The zero-order chi connectivity index (χ0) is 21.5. The second kappa shape index (κ2) is 9.91. The van der Waals surface area contributed by atoms with Crippen LogP contribution in [-0.4, -0.2) is 49.0 Å². The van der Waals surface area contributed by atoms with E-state index in [0.717, 1.165) is 11.4 Å². The fraction of sp³-hybridized carbons (Fsp3) is 0.348. The van der Waals surface area contributed by atoms with E-state index in [2.05, 4.69) is 5.32 Å². The van der Waals surface area contributed by atoms with Gasteiger partial charge in [-0.2, -0.15) is 0 Å². The number of nitrogens with one attached hydrogen (secondary N) is 1. The monoisotopic (exact) mass is 409 g/mol. The van der Waals surface area contributed by atoms with Crippen LogP contribution < -0.4 is 10.2 Å². The van der Waals surface area contributed by atoms with E-state index in [1.165, 1.54) is 4.90 Å². The Hall–Kier alpha value is -3.35. The highest BCUT2D eigenvalue weighted by Gasteiger charge is 2.31. The smallest absolute Gasteiger partial charge is 0.321 e. The summed E-state index contributed by atoms with van der Waals surface area (Å²) in [6.45, 7) is 2.51. The topological polar surface area (TPSA) is 79.0 Å². The maximum absolute atomic E-state index is 12.6. The molecular weight excluding hydrogens is 382 g/mol. The number of anilines is 2. The summed E-state index contributed by atoms with van der Waals surface area (Å²) in [5, 5.41) is 2.85. The number of nitrogens with zero attached hydrogens (tertiary/aromatic N) is 2. The molecule has 1 heterocycles. The predicted molar refractivity (Wildman–Crippen MR) is 115 cm³/mol. The highest BCUT2D eigenvalue weighted by Crippen LogP contribution is 2.21. The number of para-hydroxylation sites is 2. The molecule has 1 aliphatic heterocycles. The first kappa shape index (κ1) is 21.4. The van der Waals surface area contributed by atoms with Crippen molar-refractivity contribution < 1.29 is 19.1 Å². The highest BCUT2D eigenvalue weighted by atomic mass is 16.5. The molecule has 0 spiro atoms. The molecule has 30 heavy (non-hydrogen) atoms. The van der Waals surface area contributed by atoms with Crippen LogP contribution in [0.15, 0.2) is 60.7 Å². The van der Waals surface area contributed by atoms with Crippen molar-refractivity contribution in [3.8, 4) is 0 Å². The van der Waals surface area contributed by atoms with Crippen molar-refractivity contribution in [3.05, 3.63) is 60.7 Å². The number of rotatable bonds is 5. The number of ether oxygens (including phenoxy) is 1. The van der Waals surface area contributed by atoms with Crippen LogP contribution in [-0.2, 0) is 14.3 Å². The van der Waals surface area contributed by atoms with Crippen LogP contribution >= 0.6 is 0 Å². The average Bonchev–Trinajstić information content (AvgIpc) is 2.79. The lowest BCUT2D eigenvalue weighted by Gasteiger charge is -2.31. The van der Waals surface area contributed by atoms with Crippen LogP contribution in [0.4, 0.5) is 16.2 Å². The minimum absolute atomic E-state index is 0.180. The molecule has 7 heteroatoms. The second-order valence-corrected chi connectivity index (χ2v) is 7.37. The average molecular weight is 409 g/mol. The molecule has 158 valence electrons. The summed E-state index contributed by atoms with van der Waals surface area (Å²) < 4.78 is 5.44. The summed E-state index contributed by atoms with van der Waals surface area (Å²) in [4.78, 5) is 40.6. The zero-order valence-electron chi connectivity index (χ0n) is 17.3. The lowest BCUT2D eigenvalue weighted by molar-refractivity contribution is -0.159. The largest absolute Gasteiger partial charge is 0.452 e. The normalized spacial score (nSPS) is 15.2. The molecular formula is C23H27N3O4. The SMILES string of the molecule is C[C@@H](OC(=O)C1CCN(C(=O)Nc2ccccc2)CC1)C(=O)N(C)c1ccccc1. The summed E-state index contributed by atoms with van der Waals surface area (Å²) >= 11 is 0. The number of likely N-dealkylation sites (N-methyl/N-ethyl adjacent to an activating group) is 1. The number of urea groups is 1. The number of piperidine rings is 1. The van der Waals surface area contributed by atoms with Gasteiger partial charge in [0.1, 0.15) is 0 Å². The van der Waals surface area contributed by atoms with Gasteiger partial charge in [-0.05, 0) is 44.0 Å². The molecule has 0 unspecified atom stereocenters. The van der Waals surface area contributed by atoms with Gasteiger partial charge in [-0.15, -0.1) is 0 Å². The number of hydrogen-bond acceptors (Lipinski definition) is 4. The third kappa shape index (κ3) is 5.37. The molecule has 3 rings (SSSR count). The summed E-state index contributed by atoms with van der Waals surface area (Å²) in [5.41, 5.74) is 1.47. The van der Waals surface area contributed by atoms with Crippen molar-refractivity contribution in [3.63, 3.8) is 0 Å². The van der Waals surface area contributed by atoms with Gasteiger partial charge < -0.3 is 19.9 Å². The number of benzene rings is 2. The quantitative estimate of drug-likeness (QED) is 0.767. The van der Waals surface area contributed by atoms with E-state index in [9.17, 15) is 14.4 Å². The molecule has 1 aliphatic rings. The first-order chi connectivity index (χ1) is 14.5. The van der Waals surface area contributed by atoms with Crippen LogP contribution in [0, 0.1) is 5.92 Å². The van der Waals surface area contributed by atoms with Gasteiger partial charge in [0.2, 0.25) is 0 Å². The fourth-order valence-electron chi connectivity index (χ4n) is 3.41. The molecule has 0 radical (unpaired) electrons. The molecule has 1 fully saturated rings. The van der Waals surface area contributed by atoms with Crippen molar-refractivity contribution in [1.29, 1.82) is 0 Å². The Morgan fingerprint density at radius 2 is 1.57 bits per heavy atom. The molecule has 2 aromatic carbocycles. The van der Waals surface area contributed by atoms with Crippen LogP contribution in [0.1, 0.15) is 19.8 Å². The first-order valence-electron chi connectivity index (χ1n) is 10.1. The number of esters is 1. The number of carbonyl (C=O) groups excluding carboxylic acids is 3. The van der Waals surface area contributed by atoms with E-state index in [4.69, 9.17) is 4.74 Å². The number of carbonyl (C=O) groups is 3. The molecule has 0 saturated carbocycles. The van der Waals surface area contributed by atoms with Gasteiger partial charge in [0, 0.05) is 31.5 Å². The summed E-state index contributed by atoms with van der Waals surface area (Å²) in [6.07, 6.45) is 0.148. The van der Waals surface area contributed by atoms with E-state index >= 15 is 0 Å². The number of amides is 3. The first-order valence-corrected chi connectivity index (χ1v) is 10.1. The molecule has 0 bridgehead atoms. The summed E-state index contributed by atoms with van der Waals surface area (Å²) in [6, 6.07) is 18.3. The minimum Gasteiger partial charge on any atom is -0.452 e. The molecule has 0 aromatic heterocycles. The van der Waals surface area contributed by atoms with Crippen molar-refractivity contribution in [2.45, 2.75) is 25.9 Å². The molecule has 1 saturated heterocycles. The van der Waals surface area contributed by atoms with Gasteiger partial charge in [-0.1, -0.05) is 36.4 Å². The number of hydrogen-bond donors (Lipinski definition) is 1. The van der Waals surface area contributed by atoms with Crippen LogP contribution in [0.5, 0.6) is 0 Å². The van der Waals surface area contributed by atoms with Gasteiger partial charge in [-0.3, -0.25) is 9.59 Å². The zero-order valence-corrected chi connectivity index (χ0v) is 17.3. The Kier molecular flexibility index (Phi) is 7.06. The fourth-order valence-corrected chi connectivity index (χ4v) is 3.41. The molecule has 7 nitrogen and oxygen atoms in total. The van der Waals surface area contributed by atoms with Crippen molar-refractivity contribution in [1.82, 2.24) is 4.90 Å². The molecule has 2 aromatic rings. The van der Waals surface area contributed by atoms with Crippen LogP contribution in [0.3, 0.4) is 0 Å². The third-order valence-electron chi connectivity index (χ3n) is 5.26.